The molecule has 0 radical (unpaired) electrons. The molecule has 1 unspecified atom stereocenters. The number of aliphatic hydroxyl groups excluding tert-OH is 2. The molecule has 7 heteroatoms. The molecule has 0 aromatic heterocycles. The predicted molar refractivity (Wildman–Crippen MR) is 74.1 cm³/mol. The summed E-state index contributed by atoms with van der Waals surface area (Å²) < 4.78 is 0. The fourth-order valence-corrected chi connectivity index (χ4v) is 1.76. The van der Waals surface area contributed by atoms with Crippen LogP contribution in [0.1, 0.15) is 39.0 Å². The highest BCUT2D eigenvalue weighted by Gasteiger charge is 2.17. The lowest BCUT2D eigenvalue weighted by Crippen LogP contribution is -2.45. The predicted octanol–water partition coefficient (Wildman–Crippen LogP) is -0.230. The Morgan fingerprint density at radius 3 is 2.50 bits per heavy atom. The maximum atomic E-state index is 11.5. The summed E-state index contributed by atoms with van der Waals surface area (Å²) in [5, 5.41) is 29.6. The summed E-state index contributed by atoms with van der Waals surface area (Å²) in [5.74, 6) is -1.17. The number of carbonyl (C=O) groups is 2. The molecule has 1 atom stereocenters. The first-order chi connectivity index (χ1) is 9.51. The summed E-state index contributed by atoms with van der Waals surface area (Å²) in [6.45, 7) is 1.60. The van der Waals surface area contributed by atoms with Crippen LogP contribution >= 0.6 is 0 Å². The minimum absolute atomic E-state index is 0.0742. The summed E-state index contributed by atoms with van der Waals surface area (Å²) in [6.07, 6.45) is 3.33. The largest absolute Gasteiger partial charge is 0.480 e. The van der Waals surface area contributed by atoms with Crippen molar-refractivity contribution < 1.29 is 24.9 Å². The number of nitrogens with zero attached hydrogens (tertiary/aromatic N) is 1. The number of carboxylic acids is 1. The van der Waals surface area contributed by atoms with Crippen molar-refractivity contribution in [2.45, 2.75) is 45.3 Å². The van der Waals surface area contributed by atoms with Crippen molar-refractivity contribution in [3.63, 3.8) is 0 Å². The van der Waals surface area contributed by atoms with Crippen molar-refractivity contribution in [3.8, 4) is 0 Å². The number of carboxylic acid groups (broad SMARTS) is 1. The number of aliphatic hydroxyl groups is 2. The highest BCUT2D eigenvalue weighted by Crippen LogP contribution is 2.02. The molecule has 0 aliphatic rings. The van der Waals surface area contributed by atoms with Gasteiger partial charge in [-0.2, -0.15) is 0 Å². The first kappa shape index (κ1) is 18.8. The van der Waals surface area contributed by atoms with E-state index in [2.05, 4.69) is 12.2 Å². The average Bonchev–Trinajstić information content (AvgIpc) is 2.41. The number of aliphatic carboxylic acids is 1. The maximum absolute atomic E-state index is 11.5. The Morgan fingerprint density at radius 2 is 1.95 bits per heavy atom. The van der Waals surface area contributed by atoms with Crippen LogP contribution in [0.4, 0.5) is 0 Å². The van der Waals surface area contributed by atoms with Gasteiger partial charge in [0.15, 0.2) is 0 Å². The van der Waals surface area contributed by atoms with E-state index in [1.165, 1.54) is 4.90 Å². The van der Waals surface area contributed by atoms with E-state index in [9.17, 15) is 14.7 Å². The van der Waals surface area contributed by atoms with Gasteiger partial charge >= 0.3 is 5.97 Å². The van der Waals surface area contributed by atoms with Crippen molar-refractivity contribution in [1.29, 1.82) is 0 Å². The van der Waals surface area contributed by atoms with Gasteiger partial charge in [0.2, 0.25) is 5.91 Å². The highest BCUT2D eigenvalue weighted by molar-refractivity contribution is 5.75. The Kier molecular flexibility index (Phi) is 10.9. The van der Waals surface area contributed by atoms with Gasteiger partial charge in [-0.15, -0.1) is 0 Å². The summed E-state index contributed by atoms with van der Waals surface area (Å²) in [5.41, 5.74) is 0. The van der Waals surface area contributed by atoms with Gasteiger partial charge in [-0.25, -0.2) is 0 Å². The third-order valence-electron chi connectivity index (χ3n) is 2.90. The zero-order valence-corrected chi connectivity index (χ0v) is 12.0. The lowest BCUT2D eigenvalue weighted by Gasteiger charge is -2.24. The van der Waals surface area contributed by atoms with Crippen LogP contribution < -0.4 is 5.32 Å². The molecule has 20 heavy (non-hydrogen) atoms. The van der Waals surface area contributed by atoms with Crippen LogP contribution in [-0.2, 0) is 9.59 Å². The van der Waals surface area contributed by atoms with Gasteiger partial charge in [0, 0.05) is 19.5 Å². The lowest BCUT2D eigenvalue weighted by molar-refractivity contribution is -0.142. The third-order valence-corrected chi connectivity index (χ3v) is 2.90. The molecule has 0 aliphatic heterocycles. The monoisotopic (exact) mass is 290 g/mol. The fraction of sp³-hybridized carbons (Fsp3) is 0.846. The van der Waals surface area contributed by atoms with Crippen LogP contribution in [0.15, 0.2) is 0 Å². The first-order valence-electron chi connectivity index (χ1n) is 7.02. The van der Waals surface area contributed by atoms with Crippen LogP contribution in [0, 0.1) is 0 Å². The van der Waals surface area contributed by atoms with E-state index < -0.39 is 18.8 Å². The van der Waals surface area contributed by atoms with Gasteiger partial charge in [0.1, 0.15) is 6.23 Å². The second kappa shape index (κ2) is 11.6. The number of rotatable bonds is 12. The molecule has 0 aromatic carbocycles. The molecule has 0 rings (SSSR count). The van der Waals surface area contributed by atoms with Crippen LogP contribution in [0.25, 0.3) is 0 Å². The van der Waals surface area contributed by atoms with Crippen molar-refractivity contribution in [3.05, 3.63) is 0 Å². The number of hydrogen-bond acceptors (Lipinski definition) is 5. The smallest absolute Gasteiger partial charge is 0.317 e. The van der Waals surface area contributed by atoms with E-state index in [-0.39, 0.29) is 25.5 Å². The van der Waals surface area contributed by atoms with Crippen LogP contribution in [0.2, 0.25) is 0 Å². The Labute approximate surface area is 119 Å². The van der Waals surface area contributed by atoms with Crippen molar-refractivity contribution in [2.24, 2.45) is 0 Å². The minimum Gasteiger partial charge on any atom is -0.480 e. The summed E-state index contributed by atoms with van der Waals surface area (Å²) in [7, 11) is 0. The van der Waals surface area contributed by atoms with Gasteiger partial charge in [-0.3, -0.25) is 14.5 Å². The van der Waals surface area contributed by atoms with Gasteiger partial charge in [-0.1, -0.05) is 26.2 Å². The van der Waals surface area contributed by atoms with Gasteiger partial charge in [-0.05, 0) is 6.42 Å². The Bertz CT molecular complexity index is 286. The molecular formula is C13H26N2O5. The maximum Gasteiger partial charge on any atom is 0.317 e. The molecule has 0 aliphatic carbocycles. The Balaban J connectivity index is 3.86. The number of carbonyl (C=O) groups excluding carboxylic acids is 1. The van der Waals surface area contributed by atoms with E-state index >= 15 is 0 Å². The standard InChI is InChI=1S/C13H26N2O5/c1-2-3-4-5-6-11(17)14-7-8-15(9-13(19)20)12(18)10-16/h12,16,18H,2-10H2,1H3,(H,14,17)(H,19,20). The van der Waals surface area contributed by atoms with Gasteiger partial charge in [0.25, 0.3) is 0 Å². The van der Waals surface area contributed by atoms with E-state index in [1.54, 1.807) is 0 Å². The summed E-state index contributed by atoms with van der Waals surface area (Å²) >= 11 is 0. The highest BCUT2D eigenvalue weighted by atomic mass is 16.4. The zero-order chi connectivity index (χ0) is 15.4. The SMILES string of the molecule is CCCCCCC(=O)NCCN(CC(=O)O)C(O)CO. The van der Waals surface area contributed by atoms with E-state index in [0.29, 0.717) is 6.42 Å². The fourth-order valence-electron chi connectivity index (χ4n) is 1.76. The van der Waals surface area contributed by atoms with Gasteiger partial charge < -0.3 is 20.6 Å². The molecule has 0 fully saturated rings. The number of hydrogen-bond donors (Lipinski definition) is 4. The van der Waals surface area contributed by atoms with E-state index in [0.717, 1.165) is 25.7 Å². The van der Waals surface area contributed by atoms with E-state index in [1.807, 2.05) is 0 Å². The Morgan fingerprint density at radius 1 is 1.25 bits per heavy atom. The van der Waals surface area contributed by atoms with Crippen molar-refractivity contribution >= 4 is 11.9 Å². The zero-order valence-electron chi connectivity index (χ0n) is 12.0. The van der Waals surface area contributed by atoms with Crippen molar-refractivity contribution in [1.82, 2.24) is 10.2 Å². The normalized spacial score (nSPS) is 12.4. The van der Waals surface area contributed by atoms with Crippen LogP contribution in [0.3, 0.4) is 0 Å². The number of unbranched alkanes of at least 4 members (excludes halogenated alkanes) is 3. The second-order valence-corrected chi connectivity index (χ2v) is 4.69. The van der Waals surface area contributed by atoms with Crippen LogP contribution in [0.5, 0.6) is 0 Å². The number of amides is 1. The molecule has 118 valence electrons. The van der Waals surface area contributed by atoms with Crippen molar-refractivity contribution in [2.75, 3.05) is 26.2 Å². The molecule has 0 saturated carbocycles. The molecule has 0 aromatic rings. The first-order valence-corrected chi connectivity index (χ1v) is 7.02. The topological polar surface area (TPSA) is 110 Å². The average molecular weight is 290 g/mol. The lowest BCUT2D eigenvalue weighted by atomic mass is 10.1. The molecule has 0 bridgehead atoms. The second-order valence-electron chi connectivity index (χ2n) is 4.69. The third kappa shape index (κ3) is 9.71. The minimum atomic E-state index is -1.23. The summed E-state index contributed by atoms with van der Waals surface area (Å²) in [4.78, 5) is 23.3. The van der Waals surface area contributed by atoms with Crippen LogP contribution in [-0.4, -0.2) is 64.6 Å². The molecule has 7 nitrogen and oxygen atoms in total. The number of nitrogens with one attached hydrogen (secondary N) is 1. The summed E-state index contributed by atoms with van der Waals surface area (Å²) in [6, 6.07) is 0. The van der Waals surface area contributed by atoms with Gasteiger partial charge in [0.05, 0.1) is 13.2 Å². The molecule has 4 N–H and O–H groups in total. The molecule has 0 saturated heterocycles. The molecule has 1 amide bonds. The molecule has 0 heterocycles. The quantitative estimate of drug-likeness (QED) is 0.292. The Hall–Kier alpha value is -1.18. The molecular weight excluding hydrogens is 264 g/mol. The van der Waals surface area contributed by atoms with E-state index in [4.69, 9.17) is 10.2 Å². The molecule has 0 spiro atoms.